The topological polar surface area (TPSA) is 40.6 Å². The summed E-state index contributed by atoms with van der Waals surface area (Å²) in [7, 11) is 2.15. The average Bonchev–Trinajstić information content (AvgIpc) is 3.20. The van der Waals surface area contributed by atoms with E-state index in [1.807, 2.05) is 35.2 Å². The number of ketones is 1. The molecule has 0 N–H and O–H groups in total. The minimum atomic E-state index is 0. The largest absolute Gasteiger partial charge is 0.312 e. The van der Waals surface area contributed by atoms with Crippen LogP contribution in [0.2, 0.25) is 5.02 Å². The van der Waals surface area contributed by atoms with E-state index >= 15 is 0 Å². The third-order valence-electron chi connectivity index (χ3n) is 6.49. The number of aryl methyl sites for hydroxylation is 1. The molecule has 2 aromatic rings. The Balaban J connectivity index is 0.00000289. The lowest BCUT2D eigenvalue weighted by Gasteiger charge is -2.25. The zero-order chi connectivity index (χ0) is 21.8. The normalized spacial score (nSPS) is 14.5. The van der Waals surface area contributed by atoms with Gasteiger partial charge in [0.1, 0.15) is 0 Å². The van der Waals surface area contributed by atoms with Crippen molar-refractivity contribution in [3.05, 3.63) is 63.7 Å². The molecule has 0 radical (unpaired) electrons. The van der Waals surface area contributed by atoms with Gasteiger partial charge in [-0.25, -0.2) is 0 Å². The van der Waals surface area contributed by atoms with E-state index in [1.165, 1.54) is 16.7 Å². The van der Waals surface area contributed by atoms with E-state index in [-0.39, 0.29) is 24.1 Å². The zero-order valence-electron chi connectivity index (χ0n) is 18.7. The Hall–Kier alpha value is -1.88. The summed E-state index contributed by atoms with van der Waals surface area (Å²) in [5.74, 6) is 0.464. The number of rotatable bonds is 10. The van der Waals surface area contributed by atoms with Crippen LogP contribution in [0.5, 0.6) is 0 Å². The van der Waals surface area contributed by atoms with Gasteiger partial charge in [0.05, 0.1) is 5.69 Å². The fourth-order valence-electron chi connectivity index (χ4n) is 4.73. The minimum absolute atomic E-state index is 0. The van der Waals surface area contributed by atoms with Gasteiger partial charge in [0.25, 0.3) is 0 Å². The molecule has 0 atom stereocenters. The SMILES string of the molecule is CN(CCCCCC(=O)c1cc2c3c(c1)CCN3C(=O)CC2)CCc1cccc(Cl)c1.Cl. The summed E-state index contributed by atoms with van der Waals surface area (Å²) in [4.78, 5) is 29.1. The van der Waals surface area contributed by atoms with E-state index < -0.39 is 0 Å². The highest BCUT2D eigenvalue weighted by Gasteiger charge is 2.31. The van der Waals surface area contributed by atoms with Gasteiger partial charge >= 0.3 is 0 Å². The standard InChI is InChI=1S/C26H31ClN2O2.ClH/c1-28(14-11-19-6-5-7-23(27)16-19)13-4-2-3-8-24(30)22-17-20-9-10-25(31)29-15-12-21(18-22)26(20)29;/h5-7,16-18H,2-4,8-15H2,1H3;1H. The van der Waals surface area contributed by atoms with Gasteiger partial charge in [-0.1, -0.05) is 30.2 Å². The maximum atomic E-state index is 12.8. The van der Waals surface area contributed by atoms with Crippen LogP contribution in [0.15, 0.2) is 36.4 Å². The lowest BCUT2D eigenvalue weighted by Crippen LogP contribution is -2.32. The number of hydrogen-bond acceptors (Lipinski definition) is 3. The van der Waals surface area contributed by atoms with Crippen LogP contribution in [-0.2, 0) is 24.1 Å². The molecule has 172 valence electrons. The van der Waals surface area contributed by atoms with E-state index in [2.05, 4.69) is 18.0 Å². The second-order valence-corrected chi connectivity index (χ2v) is 9.29. The minimum Gasteiger partial charge on any atom is -0.312 e. The summed E-state index contributed by atoms with van der Waals surface area (Å²) in [6, 6.07) is 12.1. The quantitative estimate of drug-likeness (QED) is 0.336. The molecule has 2 heterocycles. The highest BCUT2D eigenvalue weighted by molar-refractivity contribution is 6.30. The van der Waals surface area contributed by atoms with Crippen molar-refractivity contribution < 1.29 is 9.59 Å². The molecule has 4 rings (SSSR count). The van der Waals surface area contributed by atoms with E-state index in [0.717, 1.165) is 74.4 Å². The molecule has 4 nitrogen and oxygen atoms in total. The first-order valence-corrected chi connectivity index (χ1v) is 11.8. The fourth-order valence-corrected chi connectivity index (χ4v) is 4.94. The van der Waals surface area contributed by atoms with Crippen LogP contribution in [0.25, 0.3) is 0 Å². The van der Waals surface area contributed by atoms with Crippen LogP contribution in [0.3, 0.4) is 0 Å². The van der Waals surface area contributed by atoms with Gasteiger partial charge in [0, 0.05) is 36.5 Å². The van der Waals surface area contributed by atoms with E-state index in [4.69, 9.17) is 11.6 Å². The molecular formula is C26H32Cl2N2O2. The van der Waals surface area contributed by atoms with Crippen molar-refractivity contribution >= 4 is 41.4 Å². The Kier molecular flexibility index (Phi) is 8.75. The molecule has 0 unspecified atom stereocenters. The first-order valence-electron chi connectivity index (χ1n) is 11.4. The van der Waals surface area contributed by atoms with Gasteiger partial charge in [-0.3, -0.25) is 9.59 Å². The second kappa shape index (κ2) is 11.3. The summed E-state index contributed by atoms with van der Waals surface area (Å²) in [5, 5.41) is 0.795. The van der Waals surface area contributed by atoms with Crippen LogP contribution >= 0.6 is 24.0 Å². The molecule has 2 aromatic carbocycles. The third-order valence-corrected chi connectivity index (χ3v) is 6.72. The van der Waals surface area contributed by atoms with E-state index in [0.29, 0.717) is 12.8 Å². The molecule has 0 fully saturated rings. The average molecular weight is 475 g/mol. The molecule has 0 saturated carbocycles. The molecule has 32 heavy (non-hydrogen) atoms. The number of nitrogens with zero attached hydrogens (tertiary/aromatic N) is 2. The Bertz CT molecular complexity index is 976. The fraction of sp³-hybridized carbons (Fsp3) is 0.462. The van der Waals surface area contributed by atoms with Crippen LogP contribution in [0, 0.1) is 0 Å². The number of Topliss-reactive ketones (excluding diaryl/α,β-unsaturated/α-hetero) is 1. The summed E-state index contributed by atoms with van der Waals surface area (Å²) in [6.45, 7) is 2.82. The number of amides is 1. The Morgan fingerprint density at radius 1 is 1.03 bits per heavy atom. The van der Waals surface area contributed by atoms with Crippen molar-refractivity contribution in [2.75, 3.05) is 31.6 Å². The summed E-state index contributed by atoms with van der Waals surface area (Å²) in [6.07, 6.45) is 6.90. The highest BCUT2D eigenvalue weighted by atomic mass is 35.5. The lowest BCUT2D eigenvalue weighted by atomic mass is 9.94. The Morgan fingerprint density at radius 2 is 1.81 bits per heavy atom. The first kappa shape index (κ1) is 24.8. The van der Waals surface area contributed by atoms with Crippen molar-refractivity contribution in [3.8, 4) is 0 Å². The zero-order valence-corrected chi connectivity index (χ0v) is 20.3. The summed E-state index contributed by atoms with van der Waals surface area (Å²) < 4.78 is 0. The smallest absolute Gasteiger partial charge is 0.227 e. The maximum absolute atomic E-state index is 12.8. The number of benzene rings is 2. The van der Waals surface area contributed by atoms with Crippen LogP contribution in [0.1, 0.15) is 59.2 Å². The molecule has 0 aliphatic carbocycles. The highest BCUT2D eigenvalue weighted by Crippen LogP contribution is 2.37. The second-order valence-electron chi connectivity index (χ2n) is 8.86. The predicted molar refractivity (Wildman–Crippen MR) is 134 cm³/mol. The van der Waals surface area contributed by atoms with Crippen LogP contribution in [0.4, 0.5) is 5.69 Å². The molecule has 6 heteroatoms. The van der Waals surface area contributed by atoms with Crippen molar-refractivity contribution in [1.29, 1.82) is 0 Å². The van der Waals surface area contributed by atoms with Gasteiger partial charge in [0.2, 0.25) is 5.91 Å². The summed E-state index contributed by atoms with van der Waals surface area (Å²) >= 11 is 6.05. The van der Waals surface area contributed by atoms with E-state index in [1.54, 1.807) is 0 Å². The van der Waals surface area contributed by atoms with Crippen LogP contribution in [-0.4, -0.2) is 43.3 Å². The van der Waals surface area contributed by atoms with Crippen molar-refractivity contribution in [3.63, 3.8) is 0 Å². The summed E-state index contributed by atoms with van der Waals surface area (Å²) in [5.41, 5.74) is 5.55. The molecule has 2 aliphatic heterocycles. The van der Waals surface area contributed by atoms with Gasteiger partial charge in [-0.05, 0) is 86.7 Å². The number of halogens is 2. The molecular weight excluding hydrogens is 443 g/mol. The van der Waals surface area contributed by atoms with Crippen molar-refractivity contribution in [2.24, 2.45) is 0 Å². The van der Waals surface area contributed by atoms with Crippen molar-refractivity contribution in [2.45, 2.75) is 51.4 Å². The number of unbranched alkanes of at least 4 members (excludes halogenated alkanes) is 2. The van der Waals surface area contributed by atoms with Gasteiger partial charge in [-0.15, -0.1) is 12.4 Å². The monoisotopic (exact) mass is 474 g/mol. The number of hydrogen-bond donors (Lipinski definition) is 0. The number of carbonyl (C=O) groups excluding carboxylic acids is 2. The first-order chi connectivity index (χ1) is 15.0. The lowest BCUT2D eigenvalue weighted by molar-refractivity contribution is -0.118. The molecule has 1 amide bonds. The number of carbonyl (C=O) groups is 2. The molecule has 2 aliphatic rings. The number of anilines is 1. The number of likely N-dealkylation sites (N-methyl/N-ethyl adjacent to an activating group) is 1. The van der Waals surface area contributed by atoms with Gasteiger partial charge < -0.3 is 9.80 Å². The third kappa shape index (κ3) is 5.92. The molecule has 0 saturated heterocycles. The van der Waals surface area contributed by atoms with Gasteiger partial charge in [0.15, 0.2) is 5.78 Å². The molecule has 0 aromatic heterocycles. The van der Waals surface area contributed by atoms with Crippen LogP contribution < -0.4 is 4.90 Å². The Morgan fingerprint density at radius 3 is 2.59 bits per heavy atom. The Labute approximate surface area is 202 Å². The maximum Gasteiger partial charge on any atom is 0.227 e. The van der Waals surface area contributed by atoms with Crippen molar-refractivity contribution in [1.82, 2.24) is 4.90 Å². The van der Waals surface area contributed by atoms with E-state index in [9.17, 15) is 9.59 Å². The van der Waals surface area contributed by atoms with Gasteiger partial charge in [-0.2, -0.15) is 0 Å². The molecule has 0 spiro atoms. The predicted octanol–water partition coefficient (Wildman–Crippen LogP) is 5.51. The molecule has 0 bridgehead atoms.